The fourth-order valence-corrected chi connectivity index (χ4v) is 3.02. The summed E-state index contributed by atoms with van der Waals surface area (Å²) < 4.78 is 11.4. The van der Waals surface area contributed by atoms with E-state index in [0.717, 1.165) is 0 Å². The zero-order valence-corrected chi connectivity index (χ0v) is 7.31. The van der Waals surface area contributed by atoms with Gasteiger partial charge in [-0.25, -0.2) is 0 Å². The summed E-state index contributed by atoms with van der Waals surface area (Å²) >= 11 is 0. The maximum absolute atomic E-state index is 9.74. The van der Waals surface area contributed by atoms with Crippen molar-refractivity contribution >= 4 is 0 Å². The van der Waals surface area contributed by atoms with Crippen molar-refractivity contribution in [2.75, 3.05) is 0 Å². The molecular weight excluding hydrogens is 156 g/mol. The van der Waals surface area contributed by atoms with Crippen LogP contribution in [0.25, 0.3) is 0 Å². The van der Waals surface area contributed by atoms with Crippen molar-refractivity contribution in [1.82, 2.24) is 0 Å². The van der Waals surface area contributed by atoms with Crippen molar-refractivity contribution in [1.29, 1.82) is 0 Å². The van der Waals surface area contributed by atoms with E-state index in [0.29, 0.717) is 17.9 Å². The van der Waals surface area contributed by atoms with Crippen LogP contribution >= 0.6 is 0 Å². The Bertz CT molecular complexity index is 188. The summed E-state index contributed by atoms with van der Waals surface area (Å²) in [5.74, 6) is 0.809. The first-order chi connectivity index (χ1) is 5.70. The number of rotatable bonds is 0. The molecule has 0 amide bonds. The Morgan fingerprint density at radius 1 is 0.833 bits per heavy atom. The van der Waals surface area contributed by atoms with Crippen LogP contribution in [0.3, 0.4) is 0 Å². The highest BCUT2D eigenvalue weighted by Crippen LogP contribution is 2.49. The molecule has 4 aliphatic heterocycles. The quantitative estimate of drug-likeness (QED) is 0.563. The van der Waals surface area contributed by atoms with Crippen LogP contribution in [-0.2, 0) is 9.47 Å². The van der Waals surface area contributed by atoms with Gasteiger partial charge in [0.1, 0.15) is 12.2 Å². The topological polar surface area (TPSA) is 38.7 Å². The highest BCUT2D eigenvalue weighted by molar-refractivity contribution is 5.09. The Balaban J connectivity index is 2.01. The fourth-order valence-electron chi connectivity index (χ4n) is 3.02. The molecule has 12 heavy (non-hydrogen) atoms. The minimum atomic E-state index is -0.383. The van der Waals surface area contributed by atoms with Gasteiger partial charge in [0.15, 0.2) is 0 Å². The molecule has 1 unspecified atom stereocenters. The molecule has 3 heteroatoms. The van der Waals surface area contributed by atoms with Gasteiger partial charge in [0.05, 0.1) is 18.3 Å². The van der Waals surface area contributed by atoms with E-state index in [9.17, 15) is 5.11 Å². The lowest BCUT2D eigenvalue weighted by molar-refractivity contribution is -0.149. The molecule has 4 aliphatic rings. The lowest BCUT2D eigenvalue weighted by Crippen LogP contribution is -2.47. The standard InChI is InChI=1S/C9H14O3/c1-3-6-4(2)8-9(11-6)5(10)7(3)12-8/h3-10H,1-2H3/t3-,4+,5+,6+,7+,8-,9?/m0/s1. The van der Waals surface area contributed by atoms with Gasteiger partial charge in [-0.1, -0.05) is 13.8 Å². The van der Waals surface area contributed by atoms with Crippen LogP contribution in [0.2, 0.25) is 0 Å². The Hall–Kier alpha value is -0.120. The van der Waals surface area contributed by atoms with Crippen molar-refractivity contribution in [3.8, 4) is 0 Å². The molecule has 0 saturated carbocycles. The normalized spacial score (nSPS) is 67.8. The first kappa shape index (κ1) is 7.30. The highest BCUT2D eigenvalue weighted by atomic mass is 16.6. The van der Waals surface area contributed by atoms with E-state index in [1.165, 1.54) is 0 Å². The lowest BCUT2D eigenvalue weighted by atomic mass is 9.87. The number of ether oxygens (including phenoxy) is 2. The Kier molecular flexibility index (Phi) is 1.23. The first-order valence-electron chi connectivity index (χ1n) is 4.69. The summed E-state index contributed by atoms with van der Waals surface area (Å²) in [5, 5.41) is 9.74. The van der Waals surface area contributed by atoms with E-state index in [1.807, 2.05) is 0 Å². The first-order valence-corrected chi connectivity index (χ1v) is 4.69. The molecule has 4 saturated heterocycles. The van der Waals surface area contributed by atoms with Gasteiger partial charge in [-0.2, -0.15) is 0 Å². The number of aliphatic hydroxyl groups is 1. The van der Waals surface area contributed by atoms with E-state index >= 15 is 0 Å². The summed E-state index contributed by atoms with van der Waals surface area (Å²) in [7, 11) is 0. The van der Waals surface area contributed by atoms with Gasteiger partial charge in [0, 0.05) is 11.8 Å². The van der Waals surface area contributed by atoms with Gasteiger partial charge < -0.3 is 14.6 Å². The van der Waals surface area contributed by atoms with Gasteiger partial charge in [0.25, 0.3) is 0 Å². The summed E-state index contributed by atoms with van der Waals surface area (Å²) in [6.45, 7) is 4.26. The van der Waals surface area contributed by atoms with Gasteiger partial charge >= 0.3 is 0 Å². The SMILES string of the molecule is C[C@@H]1[C@@H]2OC3[C@H]1O[C@H]([C@H]2C)[C@H]3O. The third kappa shape index (κ3) is 0.605. The summed E-state index contributed by atoms with van der Waals surface area (Å²) in [4.78, 5) is 0. The largest absolute Gasteiger partial charge is 0.388 e. The van der Waals surface area contributed by atoms with Gasteiger partial charge in [0.2, 0.25) is 0 Å². The number of hydrogen-bond acceptors (Lipinski definition) is 3. The summed E-state index contributed by atoms with van der Waals surface area (Å²) in [5.41, 5.74) is 0. The lowest BCUT2D eigenvalue weighted by Gasteiger charge is -2.37. The molecule has 0 aromatic heterocycles. The Labute approximate surface area is 71.7 Å². The van der Waals surface area contributed by atoms with Crippen molar-refractivity contribution < 1.29 is 14.6 Å². The van der Waals surface area contributed by atoms with Gasteiger partial charge in [-0.15, -0.1) is 0 Å². The zero-order chi connectivity index (χ0) is 8.46. The molecule has 0 radical (unpaired) electrons. The average Bonchev–Trinajstić information content (AvgIpc) is 2.43. The molecule has 3 nitrogen and oxygen atoms in total. The van der Waals surface area contributed by atoms with Crippen LogP contribution < -0.4 is 0 Å². The molecule has 0 aromatic carbocycles. The van der Waals surface area contributed by atoms with E-state index < -0.39 is 0 Å². The minimum Gasteiger partial charge on any atom is -0.388 e. The highest BCUT2D eigenvalue weighted by Gasteiger charge is 2.63. The maximum atomic E-state index is 9.74. The third-order valence-electron chi connectivity index (χ3n) is 3.70. The van der Waals surface area contributed by atoms with Crippen molar-refractivity contribution in [3.05, 3.63) is 0 Å². The van der Waals surface area contributed by atoms with Crippen LogP contribution in [0.5, 0.6) is 0 Å². The van der Waals surface area contributed by atoms with E-state index in [4.69, 9.17) is 9.47 Å². The second-order valence-electron chi connectivity index (χ2n) is 4.34. The molecule has 4 heterocycles. The molecular formula is C9H14O3. The zero-order valence-electron chi connectivity index (χ0n) is 7.31. The van der Waals surface area contributed by atoms with Crippen LogP contribution in [0, 0.1) is 11.8 Å². The second-order valence-corrected chi connectivity index (χ2v) is 4.34. The third-order valence-corrected chi connectivity index (χ3v) is 3.70. The van der Waals surface area contributed by atoms with Gasteiger partial charge in [-0.05, 0) is 0 Å². The molecule has 0 aliphatic carbocycles. The molecule has 4 bridgehead atoms. The van der Waals surface area contributed by atoms with Crippen LogP contribution in [-0.4, -0.2) is 35.6 Å². The predicted molar refractivity (Wildman–Crippen MR) is 41.7 cm³/mol. The van der Waals surface area contributed by atoms with E-state index in [-0.39, 0.29) is 24.4 Å². The smallest absolute Gasteiger partial charge is 0.113 e. The molecule has 4 rings (SSSR count). The minimum absolute atomic E-state index is 0.0359. The Morgan fingerprint density at radius 2 is 1.42 bits per heavy atom. The fraction of sp³-hybridized carbons (Fsp3) is 1.00. The molecule has 0 aromatic rings. The molecule has 4 fully saturated rings. The van der Waals surface area contributed by atoms with Crippen molar-refractivity contribution in [3.63, 3.8) is 0 Å². The monoisotopic (exact) mass is 170 g/mol. The summed E-state index contributed by atoms with van der Waals surface area (Å²) in [6, 6.07) is 0. The van der Waals surface area contributed by atoms with E-state index in [2.05, 4.69) is 13.8 Å². The average molecular weight is 170 g/mol. The summed E-state index contributed by atoms with van der Waals surface area (Å²) in [6.07, 6.45) is 0.0979. The Morgan fingerprint density at radius 3 is 2.08 bits per heavy atom. The van der Waals surface area contributed by atoms with E-state index in [1.54, 1.807) is 0 Å². The number of aliphatic hydroxyl groups excluding tert-OH is 1. The number of hydrogen-bond donors (Lipinski definition) is 1. The van der Waals surface area contributed by atoms with Crippen LogP contribution in [0.15, 0.2) is 0 Å². The second kappa shape index (κ2) is 2.03. The van der Waals surface area contributed by atoms with Crippen molar-refractivity contribution in [2.45, 2.75) is 44.4 Å². The molecule has 1 N–H and O–H groups in total. The van der Waals surface area contributed by atoms with Gasteiger partial charge in [-0.3, -0.25) is 0 Å². The van der Waals surface area contributed by atoms with Crippen LogP contribution in [0.4, 0.5) is 0 Å². The van der Waals surface area contributed by atoms with Crippen molar-refractivity contribution in [2.24, 2.45) is 11.8 Å². The molecule has 68 valence electrons. The molecule has 0 spiro atoms. The maximum Gasteiger partial charge on any atom is 0.113 e. The molecule has 7 atom stereocenters. The van der Waals surface area contributed by atoms with Crippen LogP contribution in [0.1, 0.15) is 13.8 Å². The predicted octanol–water partition coefficient (Wildman–Crippen LogP) is 0.168.